The summed E-state index contributed by atoms with van der Waals surface area (Å²) < 4.78 is 10.7. The zero-order valence-electron chi connectivity index (χ0n) is 11.4. The Balaban J connectivity index is 2.34. The van der Waals surface area contributed by atoms with Gasteiger partial charge in [0.1, 0.15) is 5.75 Å². The molecule has 0 saturated carbocycles. The lowest BCUT2D eigenvalue weighted by Gasteiger charge is -2.09. The Kier molecular flexibility index (Phi) is 4.25. The van der Waals surface area contributed by atoms with Crippen molar-refractivity contribution in [3.05, 3.63) is 54.2 Å². The van der Waals surface area contributed by atoms with Crippen molar-refractivity contribution in [3.63, 3.8) is 0 Å². The Morgan fingerprint density at radius 1 is 1.40 bits per heavy atom. The van der Waals surface area contributed by atoms with Crippen LogP contribution >= 0.6 is 0 Å². The second-order valence-electron chi connectivity index (χ2n) is 4.21. The van der Waals surface area contributed by atoms with Gasteiger partial charge in [0.2, 0.25) is 5.76 Å². The molecule has 2 rings (SSSR count). The largest absolute Gasteiger partial charge is 0.475 e. The van der Waals surface area contributed by atoms with Crippen LogP contribution in [0.4, 0.5) is 0 Å². The van der Waals surface area contributed by atoms with Crippen molar-refractivity contribution in [1.29, 1.82) is 0 Å². The van der Waals surface area contributed by atoms with Crippen molar-refractivity contribution in [2.75, 3.05) is 0 Å². The topological polar surface area (TPSA) is 59.7 Å². The molecule has 0 aliphatic carbocycles. The van der Waals surface area contributed by atoms with Crippen LogP contribution in [0, 0.1) is 0 Å². The van der Waals surface area contributed by atoms with Crippen molar-refractivity contribution in [3.8, 4) is 16.9 Å². The molecule has 20 heavy (non-hydrogen) atoms. The Hall–Kier alpha value is -2.49. The minimum Gasteiger partial charge on any atom is -0.475 e. The molecule has 0 aliphatic rings. The number of ether oxygens (including phenoxy) is 1. The van der Waals surface area contributed by atoms with E-state index in [4.69, 9.17) is 14.3 Å². The highest BCUT2D eigenvalue weighted by Gasteiger charge is 2.15. The fourth-order valence-electron chi connectivity index (χ4n) is 1.92. The van der Waals surface area contributed by atoms with Gasteiger partial charge in [0.05, 0.1) is 12.0 Å². The summed E-state index contributed by atoms with van der Waals surface area (Å²) in [4.78, 5) is 11.1. The standard InChI is InChI=1S/C16H16O4/c1-3-12(4-2)20-13-7-5-6-11(10-13)14-8-9-19-15(14)16(17)18/h3,5-10H,4H2,1-2H3,(H,17,18). The molecule has 0 unspecified atom stereocenters. The Morgan fingerprint density at radius 3 is 2.85 bits per heavy atom. The zero-order chi connectivity index (χ0) is 14.5. The van der Waals surface area contributed by atoms with Gasteiger partial charge in [0, 0.05) is 12.0 Å². The Labute approximate surface area is 117 Å². The molecule has 0 amide bonds. The average Bonchev–Trinajstić information content (AvgIpc) is 2.94. The van der Waals surface area contributed by atoms with Gasteiger partial charge in [-0.3, -0.25) is 0 Å². The number of carboxylic acids is 1. The van der Waals surface area contributed by atoms with Crippen molar-refractivity contribution in [1.82, 2.24) is 0 Å². The van der Waals surface area contributed by atoms with Crippen LogP contribution in [-0.2, 0) is 0 Å². The molecule has 2 aromatic rings. The summed E-state index contributed by atoms with van der Waals surface area (Å²) in [7, 11) is 0. The minimum atomic E-state index is -1.08. The first-order valence-corrected chi connectivity index (χ1v) is 6.40. The molecule has 1 aromatic heterocycles. The predicted molar refractivity (Wildman–Crippen MR) is 75.8 cm³/mol. The Bertz CT molecular complexity index is 637. The lowest BCUT2D eigenvalue weighted by Crippen LogP contribution is -1.97. The molecular weight excluding hydrogens is 256 g/mol. The van der Waals surface area contributed by atoms with E-state index in [1.54, 1.807) is 12.1 Å². The van der Waals surface area contributed by atoms with Crippen LogP contribution < -0.4 is 4.74 Å². The number of hydrogen-bond donors (Lipinski definition) is 1. The highest BCUT2D eigenvalue weighted by Crippen LogP contribution is 2.28. The fourth-order valence-corrected chi connectivity index (χ4v) is 1.92. The SMILES string of the molecule is CC=C(CC)Oc1cccc(-c2ccoc2C(=O)O)c1. The third kappa shape index (κ3) is 2.91. The van der Waals surface area contributed by atoms with E-state index in [9.17, 15) is 4.79 Å². The van der Waals surface area contributed by atoms with Gasteiger partial charge >= 0.3 is 5.97 Å². The lowest BCUT2D eigenvalue weighted by molar-refractivity contribution is 0.0663. The molecule has 0 aliphatic heterocycles. The Morgan fingerprint density at radius 2 is 2.20 bits per heavy atom. The number of rotatable bonds is 5. The van der Waals surface area contributed by atoms with Gasteiger partial charge in [-0.1, -0.05) is 19.1 Å². The van der Waals surface area contributed by atoms with Gasteiger partial charge in [-0.15, -0.1) is 0 Å². The molecule has 0 radical (unpaired) electrons. The molecule has 1 heterocycles. The zero-order valence-corrected chi connectivity index (χ0v) is 11.4. The van der Waals surface area contributed by atoms with Gasteiger partial charge in [-0.05, 0) is 36.8 Å². The van der Waals surface area contributed by atoms with E-state index >= 15 is 0 Å². The van der Waals surface area contributed by atoms with E-state index < -0.39 is 5.97 Å². The highest BCUT2D eigenvalue weighted by atomic mass is 16.5. The second-order valence-corrected chi connectivity index (χ2v) is 4.21. The highest BCUT2D eigenvalue weighted by molar-refractivity contribution is 5.93. The number of allylic oxidation sites excluding steroid dienone is 2. The molecule has 1 N–H and O–H groups in total. The third-order valence-electron chi connectivity index (χ3n) is 2.92. The summed E-state index contributed by atoms with van der Waals surface area (Å²) >= 11 is 0. The first-order chi connectivity index (χ1) is 9.65. The van der Waals surface area contributed by atoms with Crippen LogP contribution in [-0.4, -0.2) is 11.1 Å². The smallest absolute Gasteiger partial charge is 0.372 e. The van der Waals surface area contributed by atoms with E-state index in [1.165, 1.54) is 6.26 Å². The lowest BCUT2D eigenvalue weighted by atomic mass is 10.1. The summed E-state index contributed by atoms with van der Waals surface area (Å²) in [6.07, 6.45) is 4.08. The van der Waals surface area contributed by atoms with Crippen molar-refractivity contribution in [2.24, 2.45) is 0 Å². The van der Waals surface area contributed by atoms with Crippen molar-refractivity contribution >= 4 is 5.97 Å². The molecule has 0 fully saturated rings. The maximum Gasteiger partial charge on any atom is 0.372 e. The number of hydrogen-bond acceptors (Lipinski definition) is 3. The van der Waals surface area contributed by atoms with Gasteiger partial charge in [-0.25, -0.2) is 4.79 Å². The number of carbonyl (C=O) groups is 1. The molecular formula is C16H16O4. The summed E-state index contributed by atoms with van der Waals surface area (Å²) in [6.45, 7) is 3.93. The molecule has 0 spiro atoms. The first kappa shape index (κ1) is 13.9. The third-order valence-corrected chi connectivity index (χ3v) is 2.92. The van der Waals surface area contributed by atoms with Crippen LogP contribution in [0.1, 0.15) is 30.8 Å². The summed E-state index contributed by atoms with van der Waals surface area (Å²) in [6, 6.07) is 8.93. The van der Waals surface area contributed by atoms with Crippen LogP contribution in [0.15, 0.2) is 52.8 Å². The number of carboxylic acid groups (broad SMARTS) is 1. The van der Waals surface area contributed by atoms with Crippen molar-refractivity contribution < 1.29 is 19.1 Å². The maximum absolute atomic E-state index is 11.1. The molecule has 4 heteroatoms. The number of aromatic carboxylic acids is 1. The summed E-state index contributed by atoms with van der Waals surface area (Å²) in [5.41, 5.74) is 1.29. The first-order valence-electron chi connectivity index (χ1n) is 6.40. The van der Waals surface area contributed by atoms with E-state index in [0.29, 0.717) is 11.3 Å². The minimum absolute atomic E-state index is 0.0658. The van der Waals surface area contributed by atoms with Crippen LogP contribution in [0.25, 0.3) is 11.1 Å². The number of furan rings is 1. The van der Waals surface area contributed by atoms with Gasteiger partial charge < -0.3 is 14.3 Å². The number of benzene rings is 1. The maximum atomic E-state index is 11.1. The molecule has 0 atom stereocenters. The van der Waals surface area contributed by atoms with E-state index in [1.807, 2.05) is 38.1 Å². The molecule has 4 nitrogen and oxygen atoms in total. The molecule has 1 aromatic carbocycles. The quantitative estimate of drug-likeness (QED) is 0.822. The van der Waals surface area contributed by atoms with Crippen LogP contribution in [0.2, 0.25) is 0 Å². The van der Waals surface area contributed by atoms with E-state index in [2.05, 4.69) is 0 Å². The van der Waals surface area contributed by atoms with Crippen LogP contribution in [0.5, 0.6) is 5.75 Å². The van der Waals surface area contributed by atoms with E-state index in [-0.39, 0.29) is 5.76 Å². The summed E-state index contributed by atoms with van der Waals surface area (Å²) in [5, 5.41) is 9.07. The van der Waals surface area contributed by atoms with Crippen LogP contribution in [0.3, 0.4) is 0 Å². The van der Waals surface area contributed by atoms with E-state index in [0.717, 1.165) is 17.7 Å². The molecule has 0 bridgehead atoms. The monoisotopic (exact) mass is 272 g/mol. The summed E-state index contributed by atoms with van der Waals surface area (Å²) in [5.74, 6) is 0.394. The normalized spacial score (nSPS) is 11.4. The predicted octanol–water partition coefficient (Wildman–Crippen LogP) is 4.34. The van der Waals surface area contributed by atoms with Gasteiger partial charge in [0.25, 0.3) is 0 Å². The van der Waals surface area contributed by atoms with Gasteiger partial charge in [-0.2, -0.15) is 0 Å². The van der Waals surface area contributed by atoms with Gasteiger partial charge in [0.15, 0.2) is 0 Å². The van der Waals surface area contributed by atoms with Crippen molar-refractivity contribution in [2.45, 2.75) is 20.3 Å². The average molecular weight is 272 g/mol. The molecule has 0 saturated heterocycles. The molecule has 104 valence electrons. The fraction of sp³-hybridized carbons (Fsp3) is 0.188. The second kappa shape index (κ2) is 6.10.